The van der Waals surface area contributed by atoms with E-state index in [4.69, 9.17) is 5.73 Å². The average molecular weight is 515 g/mol. The van der Waals surface area contributed by atoms with Gasteiger partial charge in [0.25, 0.3) is 0 Å². The SMILES string of the molecule is CCN(c1ncnc(N2CCN(C(c3ccccc3)c3ccccc3)CC2)c1N)c1cccc2ccccc12. The van der Waals surface area contributed by atoms with Crippen molar-refractivity contribution >= 4 is 33.8 Å². The lowest BCUT2D eigenvalue weighted by Crippen LogP contribution is -2.48. The van der Waals surface area contributed by atoms with Crippen LogP contribution in [0.3, 0.4) is 0 Å². The Balaban J connectivity index is 1.26. The Morgan fingerprint density at radius 2 is 1.36 bits per heavy atom. The van der Waals surface area contributed by atoms with E-state index in [0.717, 1.165) is 50.0 Å². The molecule has 0 amide bonds. The van der Waals surface area contributed by atoms with Crippen molar-refractivity contribution in [3.8, 4) is 0 Å². The van der Waals surface area contributed by atoms with Gasteiger partial charge in [-0.05, 0) is 29.5 Å². The van der Waals surface area contributed by atoms with Crippen molar-refractivity contribution in [3.05, 3.63) is 121 Å². The summed E-state index contributed by atoms with van der Waals surface area (Å²) in [7, 11) is 0. The minimum atomic E-state index is 0.217. The lowest BCUT2D eigenvalue weighted by Gasteiger charge is -2.40. The summed E-state index contributed by atoms with van der Waals surface area (Å²) in [6.45, 7) is 6.39. The first kappa shape index (κ1) is 24.9. The van der Waals surface area contributed by atoms with Gasteiger partial charge in [0.1, 0.15) is 12.0 Å². The van der Waals surface area contributed by atoms with E-state index < -0.39 is 0 Å². The number of rotatable bonds is 7. The second-order valence-electron chi connectivity index (χ2n) is 9.92. The van der Waals surface area contributed by atoms with E-state index in [1.54, 1.807) is 6.33 Å². The molecule has 1 aliphatic heterocycles. The number of fused-ring (bicyclic) bond motifs is 1. The van der Waals surface area contributed by atoms with Crippen LogP contribution in [0.15, 0.2) is 109 Å². The van der Waals surface area contributed by atoms with Crippen molar-refractivity contribution < 1.29 is 0 Å². The standard InChI is InChI=1S/C33H34N6/c1-2-39(29-19-11-17-25-12-9-10-18-28(25)29)33-30(34)32(35-24-36-33)38-22-20-37(21-23-38)31(26-13-5-3-6-14-26)27-15-7-4-8-16-27/h3-19,24,31H,2,20-23,34H2,1H3. The fraction of sp³-hybridized carbons (Fsp3) is 0.212. The average Bonchev–Trinajstić information content (AvgIpc) is 3.00. The topological polar surface area (TPSA) is 61.5 Å². The van der Waals surface area contributed by atoms with E-state index in [1.807, 2.05) is 0 Å². The summed E-state index contributed by atoms with van der Waals surface area (Å²) in [5, 5.41) is 2.38. The lowest BCUT2D eigenvalue weighted by atomic mass is 9.96. The number of aromatic nitrogens is 2. The molecule has 39 heavy (non-hydrogen) atoms. The highest BCUT2D eigenvalue weighted by molar-refractivity contribution is 5.97. The molecule has 4 aromatic carbocycles. The molecule has 0 saturated carbocycles. The molecular weight excluding hydrogens is 480 g/mol. The number of nitrogens with two attached hydrogens (primary N) is 1. The normalized spacial score (nSPS) is 14.2. The number of hydrogen-bond donors (Lipinski definition) is 1. The highest BCUT2D eigenvalue weighted by atomic mass is 15.3. The van der Waals surface area contributed by atoms with Gasteiger partial charge in [-0.15, -0.1) is 0 Å². The fourth-order valence-corrected chi connectivity index (χ4v) is 5.80. The summed E-state index contributed by atoms with van der Waals surface area (Å²) in [6, 6.07) is 36.6. The zero-order valence-electron chi connectivity index (χ0n) is 22.3. The van der Waals surface area contributed by atoms with Crippen LogP contribution < -0.4 is 15.5 Å². The molecule has 5 aromatic rings. The Labute approximate surface area is 230 Å². The van der Waals surface area contributed by atoms with Gasteiger partial charge in [0.05, 0.1) is 11.7 Å². The molecule has 1 aliphatic rings. The minimum Gasteiger partial charge on any atom is -0.393 e. The number of anilines is 4. The number of benzene rings is 4. The summed E-state index contributed by atoms with van der Waals surface area (Å²) in [5.74, 6) is 1.57. The predicted octanol–water partition coefficient (Wildman–Crippen LogP) is 6.28. The van der Waals surface area contributed by atoms with E-state index in [2.05, 4.69) is 135 Å². The Kier molecular flexibility index (Phi) is 7.11. The van der Waals surface area contributed by atoms with Crippen LogP contribution in [0.25, 0.3) is 10.8 Å². The van der Waals surface area contributed by atoms with Crippen molar-refractivity contribution in [2.75, 3.05) is 48.3 Å². The Hall–Kier alpha value is -4.42. The number of nitrogen functional groups attached to an aromatic ring is 1. The van der Waals surface area contributed by atoms with Crippen LogP contribution in [0.2, 0.25) is 0 Å². The van der Waals surface area contributed by atoms with Gasteiger partial charge in [-0.3, -0.25) is 4.90 Å². The Bertz CT molecular complexity index is 1490. The molecule has 0 spiro atoms. The summed E-state index contributed by atoms with van der Waals surface area (Å²) in [6.07, 6.45) is 1.65. The van der Waals surface area contributed by atoms with Crippen molar-refractivity contribution in [1.82, 2.24) is 14.9 Å². The van der Waals surface area contributed by atoms with Crippen LogP contribution in [-0.4, -0.2) is 47.6 Å². The van der Waals surface area contributed by atoms with Gasteiger partial charge in [-0.2, -0.15) is 0 Å². The zero-order chi connectivity index (χ0) is 26.6. The van der Waals surface area contributed by atoms with Gasteiger partial charge in [0.2, 0.25) is 0 Å². The van der Waals surface area contributed by atoms with Crippen molar-refractivity contribution in [3.63, 3.8) is 0 Å². The van der Waals surface area contributed by atoms with Gasteiger partial charge in [0.15, 0.2) is 11.6 Å². The van der Waals surface area contributed by atoms with E-state index in [-0.39, 0.29) is 6.04 Å². The minimum absolute atomic E-state index is 0.217. The summed E-state index contributed by atoms with van der Waals surface area (Å²) < 4.78 is 0. The first-order valence-electron chi connectivity index (χ1n) is 13.7. The van der Waals surface area contributed by atoms with Crippen LogP contribution >= 0.6 is 0 Å². The highest BCUT2D eigenvalue weighted by Crippen LogP contribution is 2.37. The van der Waals surface area contributed by atoms with Gasteiger partial charge < -0.3 is 15.5 Å². The van der Waals surface area contributed by atoms with Crippen molar-refractivity contribution in [1.29, 1.82) is 0 Å². The lowest BCUT2D eigenvalue weighted by molar-refractivity contribution is 0.212. The van der Waals surface area contributed by atoms with Gasteiger partial charge in [0, 0.05) is 38.1 Å². The molecule has 1 aromatic heterocycles. The van der Waals surface area contributed by atoms with Gasteiger partial charge in [-0.25, -0.2) is 9.97 Å². The zero-order valence-corrected chi connectivity index (χ0v) is 22.3. The maximum atomic E-state index is 6.83. The van der Waals surface area contributed by atoms with Crippen LogP contribution in [0.5, 0.6) is 0 Å². The number of nitrogens with zero attached hydrogens (tertiary/aromatic N) is 5. The van der Waals surface area contributed by atoms with E-state index in [9.17, 15) is 0 Å². The van der Waals surface area contributed by atoms with E-state index >= 15 is 0 Å². The molecule has 1 fully saturated rings. The largest absolute Gasteiger partial charge is 0.393 e. The van der Waals surface area contributed by atoms with Crippen LogP contribution in [0.1, 0.15) is 24.1 Å². The number of hydrogen-bond acceptors (Lipinski definition) is 6. The summed E-state index contributed by atoms with van der Waals surface area (Å²) in [4.78, 5) is 16.4. The quantitative estimate of drug-likeness (QED) is 0.276. The third kappa shape index (κ3) is 4.91. The summed E-state index contributed by atoms with van der Waals surface area (Å²) >= 11 is 0. The molecule has 2 N–H and O–H groups in total. The van der Waals surface area contributed by atoms with Gasteiger partial charge in [-0.1, -0.05) is 97.1 Å². The monoisotopic (exact) mass is 514 g/mol. The number of piperazine rings is 1. The molecule has 0 unspecified atom stereocenters. The maximum absolute atomic E-state index is 6.83. The fourth-order valence-electron chi connectivity index (χ4n) is 5.80. The highest BCUT2D eigenvalue weighted by Gasteiger charge is 2.28. The molecule has 0 atom stereocenters. The second-order valence-corrected chi connectivity index (χ2v) is 9.92. The smallest absolute Gasteiger partial charge is 0.161 e. The molecule has 6 rings (SSSR count). The first-order valence-corrected chi connectivity index (χ1v) is 13.7. The molecule has 0 aliphatic carbocycles. The third-order valence-electron chi connectivity index (χ3n) is 7.68. The summed E-state index contributed by atoms with van der Waals surface area (Å²) in [5.41, 5.74) is 11.2. The van der Waals surface area contributed by atoms with Crippen LogP contribution in [-0.2, 0) is 0 Å². The third-order valence-corrected chi connectivity index (χ3v) is 7.68. The molecule has 196 valence electrons. The molecule has 0 radical (unpaired) electrons. The predicted molar refractivity (Wildman–Crippen MR) is 162 cm³/mol. The van der Waals surface area contributed by atoms with E-state index in [1.165, 1.54) is 21.9 Å². The van der Waals surface area contributed by atoms with E-state index in [0.29, 0.717) is 5.69 Å². The van der Waals surface area contributed by atoms with Gasteiger partial charge >= 0.3 is 0 Å². The molecule has 1 saturated heterocycles. The van der Waals surface area contributed by atoms with Crippen molar-refractivity contribution in [2.24, 2.45) is 0 Å². The molecule has 0 bridgehead atoms. The maximum Gasteiger partial charge on any atom is 0.161 e. The molecule has 2 heterocycles. The van der Waals surface area contributed by atoms with Crippen LogP contribution in [0.4, 0.5) is 23.0 Å². The molecular formula is C33H34N6. The first-order chi connectivity index (χ1) is 19.2. The second kappa shape index (κ2) is 11.1. The van der Waals surface area contributed by atoms with Crippen molar-refractivity contribution in [2.45, 2.75) is 13.0 Å². The van der Waals surface area contributed by atoms with Crippen LogP contribution in [0, 0.1) is 0 Å². The molecule has 6 nitrogen and oxygen atoms in total. The Morgan fingerprint density at radius 1 is 0.744 bits per heavy atom. The molecule has 6 heteroatoms. The Morgan fingerprint density at radius 3 is 2.03 bits per heavy atom.